The number of benzene rings is 1. The second kappa shape index (κ2) is 4.31. The van der Waals surface area contributed by atoms with Crippen LogP contribution in [-0.4, -0.2) is 12.5 Å². The molecule has 3 nitrogen and oxygen atoms in total. The van der Waals surface area contributed by atoms with Gasteiger partial charge in [0.25, 0.3) is 0 Å². The summed E-state index contributed by atoms with van der Waals surface area (Å²) in [7, 11) is 0. The van der Waals surface area contributed by atoms with Crippen LogP contribution >= 0.6 is 0 Å². The lowest BCUT2D eigenvalue weighted by molar-refractivity contribution is -0.118. The maximum absolute atomic E-state index is 13.0. The van der Waals surface area contributed by atoms with Gasteiger partial charge in [-0.1, -0.05) is 0 Å². The standard InChI is InChI=1S/C12H11FN2O/c13-10-3-4-11-9(8-10)2-5-12(16)15(11)7-1-6-14/h3-4,8H,1-2,5,7H2. The van der Waals surface area contributed by atoms with Gasteiger partial charge in [-0.25, -0.2) is 4.39 Å². The van der Waals surface area contributed by atoms with Crippen molar-refractivity contribution in [1.29, 1.82) is 5.26 Å². The minimum Gasteiger partial charge on any atom is -0.311 e. The van der Waals surface area contributed by atoms with Gasteiger partial charge in [-0.3, -0.25) is 4.79 Å². The smallest absolute Gasteiger partial charge is 0.227 e. The van der Waals surface area contributed by atoms with Crippen molar-refractivity contribution in [3.63, 3.8) is 0 Å². The molecule has 0 unspecified atom stereocenters. The molecule has 0 aliphatic carbocycles. The summed E-state index contributed by atoms with van der Waals surface area (Å²) in [5, 5.41) is 8.53. The van der Waals surface area contributed by atoms with E-state index in [1.54, 1.807) is 11.0 Å². The molecule has 0 saturated heterocycles. The van der Waals surface area contributed by atoms with E-state index < -0.39 is 0 Å². The molecule has 0 aromatic heterocycles. The van der Waals surface area contributed by atoms with Crippen LogP contribution in [0.4, 0.5) is 10.1 Å². The van der Waals surface area contributed by atoms with Crippen molar-refractivity contribution in [2.24, 2.45) is 0 Å². The molecule has 1 heterocycles. The number of nitrogens with zero attached hydrogens (tertiary/aromatic N) is 2. The van der Waals surface area contributed by atoms with Crippen LogP contribution in [0.5, 0.6) is 0 Å². The van der Waals surface area contributed by atoms with Crippen molar-refractivity contribution < 1.29 is 9.18 Å². The molecule has 0 radical (unpaired) electrons. The first kappa shape index (κ1) is 10.6. The van der Waals surface area contributed by atoms with Gasteiger partial charge in [0.1, 0.15) is 5.82 Å². The van der Waals surface area contributed by atoms with Crippen LogP contribution in [0.15, 0.2) is 18.2 Å². The van der Waals surface area contributed by atoms with E-state index in [1.165, 1.54) is 12.1 Å². The third-order valence-corrected chi connectivity index (χ3v) is 2.69. The Morgan fingerprint density at radius 3 is 3.00 bits per heavy atom. The SMILES string of the molecule is N#CCCN1C(=O)CCc2cc(F)ccc21. The number of carbonyl (C=O) groups is 1. The lowest BCUT2D eigenvalue weighted by Crippen LogP contribution is -2.35. The predicted molar refractivity (Wildman–Crippen MR) is 57.3 cm³/mol. The molecule has 1 aromatic rings. The fourth-order valence-electron chi connectivity index (χ4n) is 1.94. The number of hydrogen-bond donors (Lipinski definition) is 0. The topological polar surface area (TPSA) is 44.1 Å². The molecule has 1 amide bonds. The number of anilines is 1. The van der Waals surface area contributed by atoms with E-state index in [1.807, 2.05) is 6.07 Å². The zero-order chi connectivity index (χ0) is 11.5. The van der Waals surface area contributed by atoms with Crippen molar-refractivity contribution in [2.75, 3.05) is 11.4 Å². The van der Waals surface area contributed by atoms with Gasteiger partial charge in [0.15, 0.2) is 0 Å². The first-order valence-corrected chi connectivity index (χ1v) is 5.18. The van der Waals surface area contributed by atoms with Gasteiger partial charge in [-0.05, 0) is 30.2 Å². The van der Waals surface area contributed by atoms with E-state index in [0.717, 1.165) is 11.3 Å². The average molecular weight is 218 g/mol. The van der Waals surface area contributed by atoms with Gasteiger partial charge in [0, 0.05) is 18.7 Å². The maximum atomic E-state index is 13.0. The number of halogens is 1. The second-order valence-electron chi connectivity index (χ2n) is 3.73. The van der Waals surface area contributed by atoms with Crippen molar-refractivity contribution in [3.8, 4) is 6.07 Å². The predicted octanol–water partition coefficient (Wildman–Crippen LogP) is 2.02. The minimum absolute atomic E-state index is 0.00866. The summed E-state index contributed by atoms with van der Waals surface area (Å²) in [4.78, 5) is 13.2. The van der Waals surface area contributed by atoms with Crippen LogP contribution in [0.25, 0.3) is 0 Å². The summed E-state index contributed by atoms with van der Waals surface area (Å²) in [6.07, 6.45) is 1.26. The van der Waals surface area contributed by atoms with Crippen molar-refractivity contribution in [1.82, 2.24) is 0 Å². The molecule has 82 valence electrons. The number of nitriles is 1. The highest BCUT2D eigenvalue weighted by molar-refractivity contribution is 5.96. The van der Waals surface area contributed by atoms with Gasteiger partial charge in [-0.15, -0.1) is 0 Å². The molecule has 1 aliphatic heterocycles. The highest BCUT2D eigenvalue weighted by atomic mass is 19.1. The average Bonchev–Trinajstić information content (AvgIpc) is 2.28. The van der Waals surface area contributed by atoms with Crippen molar-refractivity contribution in [3.05, 3.63) is 29.6 Å². The van der Waals surface area contributed by atoms with Gasteiger partial charge >= 0.3 is 0 Å². The van der Waals surface area contributed by atoms with Crippen molar-refractivity contribution >= 4 is 11.6 Å². The first-order chi connectivity index (χ1) is 7.72. The highest BCUT2D eigenvalue weighted by Gasteiger charge is 2.23. The molecule has 1 aliphatic rings. The van der Waals surface area contributed by atoms with Crippen LogP contribution in [-0.2, 0) is 11.2 Å². The molecule has 16 heavy (non-hydrogen) atoms. The normalized spacial score (nSPS) is 14.5. The van der Waals surface area contributed by atoms with Gasteiger partial charge in [0.2, 0.25) is 5.91 Å². The fraction of sp³-hybridized carbons (Fsp3) is 0.333. The Morgan fingerprint density at radius 1 is 1.44 bits per heavy atom. The van der Waals surface area contributed by atoms with Gasteiger partial charge < -0.3 is 4.90 Å². The molecule has 2 rings (SSSR count). The molecule has 0 bridgehead atoms. The number of amides is 1. The summed E-state index contributed by atoms with van der Waals surface area (Å²) < 4.78 is 13.0. The van der Waals surface area contributed by atoms with Gasteiger partial charge in [-0.2, -0.15) is 5.26 Å². The first-order valence-electron chi connectivity index (χ1n) is 5.18. The molecule has 0 atom stereocenters. The van der Waals surface area contributed by atoms with E-state index in [4.69, 9.17) is 5.26 Å². The molecule has 0 saturated carbocycles. The summed E-state index contributed by atoms with van der Waals surface area (Å²) in [6.45, 7) is 0.383. The lowest BCUT2D eigenvalue weighted by atomic mass is 10.0. The quantitative estimate of drug-likeness (QED) is 0.762. The summed E-state index contributed by atoms with van der Waals surface area (Å²) in [5.74, 6) is -0.275. The number of rotatable bonds is 2. The van der Waals surface area contributed by atoms with Crippen LogP contribution in [0, 0.1) is 17.1 Å². The number of hydrogen-bond acceptors (Lipinski definition) is 2. The fourth-order valence-corrected chi connectivity index (χ4v) is 1.94. The molecule has 0 spiro atoms. The Balaban J connectivity index is 2.33. The van der Waals surface area contributed by atoms with Crippen LogP contribution < -0.4 is 4.90 Å². The summed E-state index contributed by atoms with van der Waals surface area (Å²) in [6, 6.07) is 6.42. The van der Waals surface area contributed by atoms with E-state index in [0.29, 0.717) is 25.8 Å². The monoisotopic (exact) mass is 218 g/mol. The van der Waals surface area contributed by atoms with Gasteiger partial charge in [0.05, 0.1) is 12.5 Å². The molecule has 0 N–H and O–H groups in total. The second-order valence-corrected chi connectivity index (χ2v) is 3.73. The van der Waals surface area contributed by atoms with Crippen LogP contribution in [0.2, 0.25) is 0 Å². The lowest BCUT2D eigenvalue weighted by Gasteiger charge is -2.28. The van der Waals surface area contributed by atoms with Crippen molar-refractivity contribution in [2.45, 2.75) is 19.3 Å². The Labute approximate surface area is 93.1 Å². The Morgan fingerprint density at radius 2 is 2.25 bits per heavy atom. The Bertz CT molecular complexity index is 465. The minimum atomic E-state index is -0.284. The third kappa shape index (κ3) is 1.89. The highest BCUT2D eigenvalue weighted by Crippen LogP contribution is 2.28. The van der Waals surface area contributed by atoms with E-state index in [2.05, 4.69) is 0 Å². The molecule has 0 fully saturated rings. The number of fused-ring (bicyclic) bond motifs is 1. The molecular weight excluding hydrogens is 207 g/mol. The Hall–Kier alpha value is -1.89. The molecule has 4 heteroatoms. The Kier molecular flexibility index (Phi) is 2.86. The number of carbonyl (C=O) groups excluding carboxylic acids is 1. The molecular formula is C12H11FN2O. The molecule has 1 aromatic carbocycles. The largest absolute Gasteiger partial charge is 0.311 e. The van der Waals surface area contributed by atoms with E-state index >= 15 is 0 Å². The third-order valence-electron chi connectivity index (χ3n) is 2.69. The summed E-state index contributed by atoms with van der Waals surface area (Å²) >= 11 is 0. The van der Waals surface area contributed by atoms with E-state index in [-0.39, 0.29) is 11.7 Å². The van der Waals surface area contributed by atoms with Crippen LogP contribution in [0.3, 0.4) is 0 Å². The summed E-state index contributed by atoms with van der Waals surface area (Å²) in [5.41, 5.74) is 1.59. The van der Waals surface area contributed by atoms with Crippen LogP contribution in [0.1, 0.15) is 18.4 Å². The number of aryl methyl sites for hydroxylation is 1. The van der Waals surface area contributed by atoms with E-state index in [9.17, 15) is 9.18 Å². The zero-order valence-electron chi connectivity index (χ0n) is 8.74. The maximum Gasteiger partial charge on any atom is 0.227 e. The zero-order valence-corrected chi connectivity index (χ0v) is 8.74.